The summed E-state index contributed by atoms with van der Waals surface area (Å²) in [6, 6.07) is 12.9. The SMILES string of the molecule is C[C@@H](/C=C/CC(=O)N1CCC[C@H]1CO)[C@]1(O)C(=O)N(Cc2ccc(N3CCCC3=O)cc2)c2ccc(Br)cc21. The normalized spacial score (nSPS) is 23.8. The third-order valence-electron chi connectivity index (χ3n) is 8.18. The number of aliphatic hydroxyl groups is 2. The molecule has 3 atom stereocenters. The monoisotopic (exact) mass is 595 g/mol. The number of likely N-dealkylation sites (tertiary alicyclic amines) is 1. The number of hydrogen-bond acceptors (Lipinski definition) is 5. The van der Waals surface area contributed by atoms with Gasteiger partial charge in [0.15, 0.2) is 5.60 Å². The predicted molar refractivity (Wildman–Crippen MR) is 152 cm³/mol. The van der Waals surface area contributed by atoms with Gasteiger partial charge in [0.1, 0.15) is 0 Å². The highest BCUT2D eigenvalue weighted by atomic mass is 79.9. The molecule has 39 heavy (non-hydrogen) atoms. The molecule has 0 bridgehead atoms. The minimum Gasteiger partial charge on any atom is -0.394 e. The van der Waals surface area contributed by atoms with Crippen molar-refractivity contribution in [3.8, 4) is 0 Å². The van der Waals surface area contributed by atoms with E-state index in [0.717, 1.165) is 41.5 Å². The number of halogens is 1. The Labute approximate surface area is 237 Å². The second-order valence-electron chi connectivity index (χ2n) is 10.6. The van der Waals surface area contributed by atoms with Crippen LogP contribution in [0, 0.1) is 5.92 Å². The highest BCUT2D eigenvalue weighted by Gasteiger charge is 2.52. The van der Waals surface area contributed by atoms with Gasteiger partial charge in [0.25, 0.3) is 5.91 Å². The number of nitrogens with zero attached hydrogens (tertiary/aromatic N) is 3. The summed E-state index contributed by atoms with van der Waals surface area (Å²) in [5.41, 5.74) is 1.10. The number of carbonyl (C=O) groups excluding carboxylic acids is 3. The molecule has 3 aliphatic heterocycles. The lowest BCUT2D eigenvalue weighted by molar-refractivity contribution is -0.139. The third-order valence-corrected chi connectivity index (χ3v) is 8.67. The lowest BCUT2D eigenvalue weighted by Gasteiger charge is -2.28. The second kappa shape index (κ2) is 11.2. The summed E-state index contributed by atoms with van der Waals surface area (Å²) in [6.45, 7) is 3.37. The number of rotatable bonds is 8. The van der Waals surface area contributed by atoms with Gasteiger partial charge >= 0.3 is 0 Å². The minimum atomic E-state index is -1.79. The number of amides is 3. The van der Waals surface area contributed by atoms with Gasteiger partial charge in [-0.25, -0.2) is 0 Å². The fourth-order valence-electron chi connectivity index (χ4n) is 5.94. The van der Waals surface area contributed by atoms with Crippen molar-refractivity contribution in [1.82, 2.24) is 4.90 Å². The highest BCUT2D eigenvalue weighted by molar-refractivity contribution is 9.10. The van der Waals surface area contributed by atoms with E-state index in [2.05, 4.69) is 15.9 Å². The van der Waals surface area contributed by atoms with E-state index < -0.39 is 17.4 Å². The molecule has 2 saturated heterocycles. The molecule has 0 saturated carbocycles. The zero-order chi connectivity index (χ0) is 27.7. The Morgan fingerprint density at radius 3 is 2.62 bits per heavy atom. The molecule has 5 rings (SSSR count). The highest BCUT2D eigenvalue weighted by Crippen LogP contribution is 2.46. The molecule has 3 heterocycles. The average Bonchev–Trinajstić information content (AvgIpc) is 3.64. The summed E-state index contributed by atoms with van der Waals surface area (Å²) in [4.78, 5) is 43.7. The van der Waals surface area contributed by atoms with Crippen LogP contribution in [0.3, 0.4) is 0 Å². The lowest BCUT2D eigenvalue weighted by Crippen LogP contribution is -2.44. The van der Waals surface area contributed by atoms with E-state index in [1.807, 2.05) is 36.4 Å². The molecule has 0 radical (unpaired) electrons. The van der Waals surface area contributed by atoms with Crippen molar-refractivity contribution in [2.45, 2.75) is 57.2 Å². The maximum atomic E-state index is 13.8. The molecule has 2 fully saturated rings. The smallest absolute Gasteiger partial charge is 0.264 e. The van der Waals surface area contributed by atoms with Crippen LogP contribution in [0.25, 0.3) is 0 Å². The number of hydrogen-bond donors (Lipinski definition) is 2. The first-order valence-electron chi connectivity index (χ1n) is 13.5. The van der Waals surface area contributed by atoms with Crippen molar-refractivity contribution < 1.29 is 24.6 Å². The molecule has 9 heteroatoms. The standard InChI is InChI=1S/C30H34BrN3O5/c1-20(5-2-7-27(36)33-15-3-6-24(33)19-35)30(39)25-17-22(31)11-14-26(25)34(29(30)38)18-21-9-12-23(13-10-21)32-16-4-8-28(32)37/h2,5,9-14,17,20,24,35,39H,3-4,6-8,15-16,18-19H2,1H3/b5-2+/t20-,24-,30+/m0/s1. The van der Waals surface area contributed by atoms with Crippen molar-refractivity contribution in [3.63, 3.8) is 0 Å². The van der Waals surface area contributed by atoms with Crippen LogP contribution < -0.4 is 9.80 Å². The predicted octanol–water partition coefficient (Wildman–Crippen LogP) is 3.88. The minimum absolute atomic E-state index is 0.0410. The zero-order valence-corrected chi connectivity index (χ0v) is 23.6. The molecule has 0 unspecified atom stereocenters. The topological polar surface area (TPSA) is 101 Å². The van der Waals surface area contributed by atoms with Crippen LogP contribution >= 0.6 is 15.9 Å². The number of carbonyl (C=O) groups is 3. The average molecular weight is 597 g/mol. The van der Waals surface area contributed by atoms with Crippen molar-refractivity contribution in [3.05, 3.63) is 70.2 Å². The number of benzene rings is 2. The molecule has 2 N–H and O–H groups in total. The molecular formula is C30H34BrN3O5. The maximum Gasteiger partial charge on any atom is 0.264 e. The molecule has 8 nitrogen and oxygen atoms in total. The summed E-state index contributed by atoms with van der Waals surface area (Å²) >= 11 is 3.48. The Hall–Kier alpha value is -3.01. The van der Waals surface area contributed by atoms with E-state index in [9.17, 15) is 24.6 Å². The summed E-state index contributed by atoms with van der Waals surface area (Å²) in [6.07, 6.45) is 6.70. The van der Waals surface area contributed by atoms with E-state index in [-0.39, 0.29) is 37.4 Å². The largest absolute Gasteiger partial charge is 0.394 e. The molecule has 2 aromatic carbocycles. The maximum absolute atomic E-state index is 13.8. The van der Waals surface area contributed by atoms with Gasteiger partial charge in [0, 0.05) is 47.6 Å². The van der Waals surface area contributed by atoms with E-state index in [0.29, 0.717) is 24.2 Å². The fourth-order valence-corrected chi connectivity index (χ4v) is 6.31. The van der Waals surface area contributed by atoms with Gasteiger partial charge in [-0.1, -0.05) is 47.1 Å². The summed E-state index contributed by atoms with van der Waals surface area (Å²) < 4.78 is 0.754. The Bertz CT molecular complexity index is 1300. The summed E-state index contributed by atoms with van der Waals surface area (Å²) in [5.74, 6) is -0.951. The summed E-state index contributed by atoms with van der Waals surface area (Å²) in [7, 11) is 0. The molecule has 0 aromatic heterocycles. The molecule has 3 amide bonds. The molecule has 206 valence electrons. The van der Waals surface area contributed by atoms with Gasteiger partial charge in [-0.15, -0.1) is 0 Å². The van der Waals surface area contributed by atoms with Gasteiger partial charge in [-0.3, -0.25) is 14.4 Å². The number of fused-ring (bicyclic) bond motifs is 1. The van der Waals surface area contributed by atoms with Crippen molar-refractivity contribution in [2.24, 2.45) is 5.92 Å². The van der Waals surface area contributed by atoms with Gasteiger partial charge in [0.05, 0.1) is 24.9 Å². The van der Waals surface area contributed by atoms with E-state index in [4.69, 9.17) is 0 Å². The molecule has 2 aromatic rings. The molecule has 0 aliphatic carbocycles. The van der Waals surface area contributed by atoms with Crippen LogP contribution in [0.15, 0.2) is 59.1 Å². The van der Waals surface area contributed by atoms with Crippen LogP contribution in [-0.4, -0.2) is 58.6 Å². The van der Waals surface area contributed by atoms with Gasteiger partial charge in [-0.05, 0) is 55.2 Å². The van der Waals surface area contributed by atoms with Crippen LogP contribution in [0.4, 0.5) is 11.4 Å². The van der Waals surface area contributed by atoms with Crippen LogP contribution in [0.1, 0.15) is 50.2 Å². The third kappa shape index (κ3) is 5.15. The van der Waals surface area contributed by atoms with Crippen LogP contribution in [0.5, 0.6) is 0 Å². The van der Waals surface area contributed by atoms with Crippen molar-refractivity contribution >= 4 is 45.0 Å². The summed E-state index contributed by atoms with van der Waals surface area (Å²) in [5, 5.41) is 21.4. The first-order chi connectivity index (χ1) is 18.7. The van der Waals surface area contributed by atoms with Gasteiger partial charge in [-0.2, -0.15) is 0 Å². The van der Waals surface area contributed by atoms with Gasteiger partial charge in [0.2, 0.25) is 11.8 Å². The van der Waals surface area contributed by atoms with Crippen LogP contribution in [0.2, 0.25) is 0 Å². The van der Waals surface area contributed by atoms with Crippen molar-refractivity contribution in [1.29, 1.82) is 0 Å². The first kappa shape index (κ1) is 27.6. The van der Waals surface area contributed by atoms with E-state index >= 15 is 0 Å². The molecule has 0 spiro atoms. The van der Waals surface area contributed by atoms with E-state index in [1.54, 1.807) is 39.8 Å². The van der Waals surface area contributed by atoms with Crippen LogP contribution in [-0.2, 0) is 26.5 Å². The van der Waals surface area contributed by atoms with Gasteiger partial charge < -0.3 is 24.9 Å². The number of anilines is 2. The zero-order valence-electron chi connectivity index (χ0n) is 22.1. The van der Waals surface area contributed by atoms with Crippen molar-refractivity contribution in [2.75, 3.05) is 29.5 Å². The second-order valence-corrected chi connectivity index (χ2v) is 11.5. The Morgan fingerprint density at radius 1 is 1.15 bits per heavy atom. The lowest BCUT2D eigenvalue weighted by atomic mass is 9.83. The van der Waals surface area contributed by atoms with E-state index in [1.165, 1.54) is 0 Å². The Kier molecular flexibility index (Phi) is 7.94. The Balaban J connectivity index is 1.34. The number of aliphatic hydroxyl groups excluding tert-OH is 1. The quantitative estimate of drug-likeness (QED) is 0.451. The first-order valence-corrected chi connectivity index (χ1v) is 14.3. The Morgan fingerprint density at radius 2 is 1.92 bits per heavy atom. The molecule has 3 aliphatic rings. The fraction of sp³-hybridized carbons (Fsp3) is 0.433. The molecular weight excluding hydrogens is 562 g/mol.